The van der Waals surface area contributed by atoms with Gasteiger partial charge in [0, 0.05) is 33.9 Å². The van der Waals surface area contributed by atoms with Crippen molar-refractivity contribution in [1.29, 1.82) is 0 Å². The molecule has 0 aliphatic heterocycles. The third kappa shape index (κ3) is 7.39. The van der Waals surface area contributed by atoms with Gasteiger partial charge in [-0.25, -0.2) is 0 Å². The lowest BCUT2D eigenvalue weighted by Gasteiger charge is -2.20. The molecule has 1 N–H and O–H groups in total. The van der Waals surface area contributed by atoms with Crippen molar-refractivity contribution >= 4 is 10.8 Å². The van der Waals surface area contributed by atoms with E-state index in [2.05, 4.69) is 19.2 Å². The fourth-order valence-corrected chi connectivity index (χ4v) is 2.62. The average molecular weight is 247 g/mol. The molecule has 0 radical (unpaired) electrons. The van der Waals surface area contributed by atoms with Gasteiger partial charge in [-0.1, -0.05) is 26.7 Å². The van der Waals surface area contributed by atoms with Gasteiger partial charge < -0.3 is 5.32 Å². The van der Waals surface area contributed by atoms with E-state index in [1.807, 2.05) is 20.8 Å². The Hall–Kier alpha value is 0.110. The number of nitrogens with one attached hydrogen (secondary N) is 1. The Labute approximate surface area is 104 Å². The molecular formula is C13H29NOS. The second kappa shape index (κ2) is 8.24. The smallest absolute Gasteiger partial charge is 0.0375 e. The van der Waals surface area contributed by atoms with E-state index < -0.39 is 10.8 Å². The Morgan fingerprint density at radius 1 is 1.12 bits per heavy atom. The topological polar surface area (TPSA) is 29.1 Å². The Morgan fingerprint density at radius 2 is 1.62 bits per heavy atom. The molecule has 0 rings (SSSR count). The molecule has 3 heteroatoms. The molecule has 2 nitrogen and oxygen atoms in total. The predicted molar refractivity (Wildman–Crippen MR) is 74.4 cm³/mol. The van der Waals surface area contributed by atoms with Crippen LogP contribution in [0.2, 0.25) is 0 Å². The predicted octanol–water partition coefficient (Wildman–Crippen LogP) is 3.09. The van der Waals surface area contributed by atoms with E-state index in [-0.39, 0.29) is 4.75 Å². The van der Waals surface area contributed by atoms with Crippen LogP contribution >= 0.6 is 0 Å². The molecule has 0 amide bonds. The highest BCUT2D eigenvalue weighted by Gasteiger charge is 2.18. The summed E-state index contributed by atoms with van der Waals surface area (Å²) in [6, 6.07) is 0.618. The van der Waals surface area contributed by atoms with E-state index in [0.717, 1.165) is 12.3 Å². The summed E-state index contributed by atoms with van der Waals surface area (Å²) < 4.78 is 11.8. The van der Waals surface area contributed by atoms with Crippen molar-refractivity contribution in [1.82, 2.24) is 5.32 Å². The molecule has 0 saturated carbocycles. The average Bonchev–Trinajstić information content (AvgIpc) is 2.16. The van der Waals surface area contributed by atoms with Crippen LogP contribution in [0.1, 0.15) is 60.3 Å². The fraction of sp³-hybridized carbons (Fsp3) is 1.00. The van der Waals surface area contributed by atoms with Gasteiger partial charge in [0.25, 0.3) is 0 Å². The van der Waals surface area contributed by atoms with Gasteiger partial charge in [0.05, 0.1) is 0 Å². The molecule has 0 bridgehead atoms. The van der Waals surface area contributed by atoms with E-state index in [1.54, 1.807) is 0 Å². The first-order valence-corrected chi connectivity index (χ1v) is 7.85. The highest BCUT2D eigenvalue weighted by atomic mass is 32.2. The van der Waals surface area contributed by atoms with Crippen molar-refractivity contribution in [3.05, 3.63) is 0 Å². The molecule has 16 heavy (non-hydrogen) atoms. The third-order valence-electron chi connectivity index (χ3n) is 2.68. The van der Waals surface area contributed by atoms with Crippen molar-refractivity contribution in [2.45, 2.75) is 71.1 Å². The summed E-state index contributed by atoms with van der Waals surface area (Å²) >= 11 is 0. The van der Waals surface area contributed by atoms with Crippen molar-refractivity contribution < 1.29 is 4.21 Å². The quantitative estimate of drug-likeness (QED) is 0.714. The highest BCUT2D eigenvalue weighted by molar-refractivity contribution is 7.86. The molecule has 0 aromatic rings. The molecule has 0 fully saturated rings. The highest BCUT2D eigenvalue weighted by Crippen LogP contribution is 2.11. The van der Waals surface area contributed by atoms with E-state index in [9.17, 15) is 4.21 Å². The van der Waals surface area contributed by atoms with Gasteiger partial charge in [-0.15, -0.1) is 0 Å². The molecule has 0 aromatic heterocycles. The molecule has 1 unspecified atom stereocenters. The minimum atomic E-state index is -0.724. The molecule has 0 aromatic carbocycles. The summed E-state index contributed by atoms with van der Waals surface area (Å²) in [7, 11) is -0.724. The fourth-order valence-electron chi connectivity index (χ4n) is 1.71. The first-order chi connectivity index (χ1) is 7.41. The normalized spacial score (nSPS) is 14.4. The standard InChI is InChI=1S/C13H29NOS/c1-6-8-12(9-7-2)14-10-11-16(15)13(3,4)5/h12,14H,6-11H2,1-5H3. The second-order valence-electron chi connectivity index (χ2n) is 5.39. The van der Waals surface area contributed by atoms with Gasteiger partial charge in [0.15, 0.2) is 0 Å². The Bertz CT molecular complexity index is 193. The van der Waals surface area contributed by atoms with Gasteiger partial charge in [-0.2, -0.15) is 0 Å². The Kier molecular flexibility index (Phi) is 8.29. The van der Waals surface area contributed by atoms with Gasteiger partial charge >= 0.3 is 0 Å². The lowest BCUT2D eigenvalue weighted by Crippen LogP contribution is -2.35. The lowest BCUT2D eigenvalue weighted by atomic mass is 10.1. The zero-order valence-electron chi connectivity index (χ0n) is 11.6. The van der Waals surface area contributed by atoms with E-state index in [1.165, 1.54) is 25.7 Å². The monoisotopic (exact) mass is 247 g/mol. The third-order valence-corrected chi connectivity index (χ3v) is 4.62. The van der Waals surface area contributed by atoms with Crippen LogP contribution in [0.4, 0.5) is 0 Å². The van der Waals surface area contributed by atoms with Crippen LogP contribution in [0, 0.1) is 0 Å². The number of hydrogen-bond acceptors (Lipinski definition) is 2. The van der Waals surface area contributed by atoms with Crippen LogP contribution in [0.15, 0.2) is 0 Å². The van der Waals surface area contributed by atoms with Crippen molar-refractivity contribution in [2.75, 3.05) is 12.3 Å². The van der Waals surface area contributed by atoms with Crippen LogP contribution in [0.5, 0.6) is 0 Å². The van der Waals surface area contributed by atoms with Crippen LogP contribution < -0.4 is 5.32 Å². The maximum absolute atomic E-state index is 11.8. The van der Waals surface area contributed by atoms with E-state index in [4.69, 9.17) is 0 Å². The first kappa shape index (κ1) is 16.1. The SMILES string of the molecule is CCCC(CCC)NCCS(=O)C(C)(C)C. The summed E-state index contributed by atoms with van der Waals surface area (Å²) in [5.74, 6) is 0.771. The molecule has 0 saturated heterocycles. The minimum absolute atomic E-state index is 0.0767. The van der Waals surface area contributed by atoms with E-state index >= 15 is 0 Å². The summed E-state index contributed by atoms with van der Waals surface area (Å²) in [6.45, 7) is 11.4. The summed E-state index contributed by atoms with van der Waals surface area (Å²) in [5, 5.41) is 3.53. The van der Waals surface area contributed by atoms with E-state index in [0.29, 0.717) is 6.04 Å². The maximum atomic E-state index is 11.8. The molecule has 0 aliphatic rings. The molecular weight excluding hydrogens is 218 g/mol. The molecule has 0 heterocycles. The first-order valence-electron chi connectivity index (χ1n) is 6.53. The lowest BCUT2D eigenvalue weighted by molar-refractivity contribution is 0.455. The molecule has 0 aliphatic carbocycles. The molecule has 0 spiro atoms. The number of rotatable bonds is 8. The second-order valence-corrected chi connectivity index (χ2v) is 7.71. The van der Waals surface area contributed by atoms with Crippen LogP contribution in [-0.4, -0.2) is 27.3 Å². The Balaban J connectivity index is 3.81. The van der Waals surface area contributed by atoms with Crippen molar-refractivity contribution in [2.24, 2.45) is 0 Å². The number of hydrogen-bond donors (Lipinski definition) is 1. The van der Waals surface area contributed by atoms with Gasteiger partial charge in [0.2, 0.25) is 0 Å². The van der Waals surface area contributed by atoms with Crippen molar-refractivity contribution in [3.63, 3.8) is 0 Å². The summed E-state index contributed by atoms with van der Waals surface area (Å²) in [5.41, 5.74) is 0. The summed E-state index contributed by atoms with van der Waals surface area (Å²) in [4.78, 5) is 0. The molecule has 98 valence electrons. The van der Waals surface area contributed by atoms with Gasteiger partial charge in [-0.05, 0) is 33.6 Å². The largest absolute Gasteiger partial charge is 0.313 e. The maximum Gasteiger partial charge on any atom is 0.0375 e. The minimum Gasteiger partial charge on any atom is -0.313 e. The zero-order chi connectivity index (χ0) is 12.6. The Morgan fingerprint density at radius 3 is 2.00 bits per heavy atom. The van der Waals surface area contributed by atoms with Gasteiger partial charge in [0.1, 0.15) is 0 Å². The zero-order valence-corrected chi connectivity index (χ0v) is 12.5. The summed E-state index contributed by atoms with van der Waals surface area (Å²) in [6.07, 6.45) is 4.91. The van der Waals surface area contributed by atoms with Crippen LogP contribution in [-0.2, 0) is 10.8 Å². The van der Waals surface area contributed by atoms with Crippen LogP contribution in [0.25, 0.3) is 0 Å². The molecule has 1 atom stereocenters. The van der Waals surface area contributed by atoms with Crippen molar-refractivity contribution in [3.8, 4) is 0 Å². The van der Waals surface area contributed by atoms with Crippen LogP contribution in [0.3, 0.4) is 0 Å². The van der Waals surface area contributed by atoms with Gasteiger partial charge in [-0.3, -0.25) is 4.21 Å².